The molecule has 88 valence electrons. The number of aryl methyl sites for hydroxylation is 1. The topological polar surface area (TPSA) is 60.0 Å². The normalized spacial score (nSPS) is 17.8. The van der Waals surface area contributed by atoms with E-state index in [4.69, 9.17) is 5.73 Å². The van der Waals surface area contributed by atoms with Gasteiger partial charge in [-0.15, -0.1) is 0 Å². The summed E-state index contributed by atoms with van der Waals surface area (Å²) in [5.41, 5.74) is 10.1. The third-order valence-electron chi connectivity index (χ3n) is 3.38. The molecule has 0 saturated heterocycles. The van der Waals surface area contributed by atoms with Gasteiger partial charge in [0.15, 0.2) is 0 Å². The van der Waals surface area contributed by atoms with Crippen LogP contribution in [0.3, 0.4) is 0 Å². The summed E-state index contributed by atoms with van der Waals surface area (Å²) in [7, 11) is 2.04. The number of fused-ring (bicyclic) bond motifs is 3. The Kier molecular flexibility index (Phi) is 1.92. The van der Waals surface area contributed by atoms with Crippen molar-refractivity contribution in [2.45, 2.75) is 19.9 Å². The molecule has 0 spiro atoms. The zero-order valence-corrected chi connectivity index (χ0v) is 10.2. The number of rotatable bonds is 0. The van der Waals surface area contributed by atoms with E-state index >= 15 is 0 Å². The number of pyridine rings is 1. The highest BCUT2D eigenvalue weighted by Gasteiger charge is 2.28. The Morgan fingerprint density at radius 3 is 2.94 bits per heavy atom. The van der Waals surface area contributed by atoms with Crippen LogP contribution in [0.2, 0.25) is 0 Å². The number of nitrogen functional groups attached to an aromatic ring is 1. The van der Waals surface area contributed by atoms with Crippen LogP contribution in [-0.2, 0) is 0 Å². The standard InChI is InChI=1S/C12H15N5/c1-7-6-10-8(2)16(3)11-9(17(10)15-7)4-5-14-12(11)13/h4-6,8H,1-3H3,(H2,13,14). The van der Waals surface area contributed by atoms with E-state index in [9.17, 15) is 0 Å². The predicted molar refractivity (Wildman–Crippen MR) is 67.3 cm³/mol. The van der Waals surface area contributed by atoms with Gasteiger partial charge >= 0.3 is 0 Å². The van der Waals surface area contributed by atoms with Gasteiger partial charge in [0.2, 0.25) is 0 Å². The SMILES string of the molecule is Cc1cc2n(n1)-c1ccnc(N)c1N(C)C2C. The van der Waals surface area contributed by atoms with Crippen LogP contribution in [-0.4, -0.2) is 21.8 Å². The zero-order chi connectivity index (χ0) is 12.2. The van der Waals surface area contributed by atoms with Gasteiger partial charge in [0.25, 0.3) is 0 Å². The van der Waals surface area contributed by atoms with E-state index in [0.717, 1.165) is 17.1 Å². The molecule has 17 heavy (non-hydrogen) atoms. The molecular formula is C12H15N5. The van der Waals surface area contributed by atoms with E-state index in [-0.39, 0.29) is 6.04 Å². The van der Waals surface area contributed by atoms with Gasteiger partial charge in [-0.2, -0.15) is 5.10 Å². The lowest BCUT2D eigenvalue weighted by molar-refractivity contribution is 0.638. The van der Waals surface area contributed by atoms with Crippen LogP contribution >= 0.6 is 0 Å². The van der Waals surface area contributed by atoms with E-state index < -0.39 is 0 Å². The number of anilines is 2. The lowest BCUT2D eigenvalue weighted by Crippen LogP contribution is -2.30. The van der Waals surface area contributed by atoms with Gasteiger partial charge < -0.3 is 10.6 Å². The minimum Gasteiger partial charge on any atom is -0.382 e. The van der Waals surface area contributed by atoms with Crippen LogP contribution in [0.15, 0.2) is 18.3 Å². The van der Waals surface area contributed by atoms with Crippen molar-refractivity contribution in [2.75, 3.05) is 17.7 Å². The maximum absolute atomic E-state index is 5.96. The summed E-state index contributed by atoms with van der Waals surface area (Å²) >= 11 is 0. The molecule has 1 atom stereocenters. The Morgan fingerprint density at radius 2 is 2.18 bits per heavy atom. The molecule has 1 aliphatic heterocycles. The first kappa shape index (κ1) is 10.1. The van der Waals surface area contributed by atoms with Crippen LogP contribution in [0.5, 0.6) is 0 Å². The van der Waals surface area contributed by atoms with Crippen molar-refractivity contribution in [3.63, 3.8) is 0 Å². The van der Waals surface area contributed by atoms with Crippen LogP contribution in [0.4, 0.5) is 11.5 Å². The molecule has 5 heteroatoms. The molecule has 0 aliphatic carbocycles. The van der Waals surface area contributed by atoms with Crippen molar-refractivity contribution < 1.29 is 0 Å². The molecule has 1 aliphatic rings. The van der Waals surface area contributed by atoms with Crippen molar-refractivity contribution in [1.82, 2.24) is 14.8 Å². The largest absolute Gasteiger partial charge is 0.382 e. The van der Waals surface area contributed by atoms with Gasteiger partial charge in [-0.25, -0.2) is 9.67 Å². The summed E-state index contributed by atoms with van der Waals surface area (Å²) in [6, 6.07) is 4.31. The molecule has 2 N–H and O–H groups in total. The molecule has 3 heterocycles. The Balaban J connectivity index is 2.35. The maximum Gasteiger partial charge on any atom is 0.149 e. The third-order valence-corrected chi connectivity index (χ3v) is 3.38. The molecule has 0 amide bonds. The Hall–Kier alpha value is -2.04. The minimum absolute atomic E-state index is 0.246. The van der Waals surface area contributed by atoms with Gasteiger partial charge in [0.1, 0.15) is 11.5 Å². The van der Waals surface area contributed by atoms with Crippen LogP contribution in [0.25, 0.3) is 5.69 Å². The number of nitrogens with zero attached hydrogens (tertiary/aromatic N) is 4. The van der Waals surface area contributed by atoms with E-state index in [1.165, 1.54) is 5.69 Å². The van der Waals surface area contributed by atoms with Crippen molar-refractivity contribution in [3.05, 3.63) is 29.7 Å². The third kappa shape index (κ3) is 1.25. The fourth-order valence-electron chi connectivity index (χ4n) is 2.39. The van der Waals surface area contributed by atoms with E-state index in [2.05, 4.69) is 28.0 Å². The van der Waals surface area contributed by atoms with Gasteiger partial charge in [-0.3, -0.25) is 0 Å². The molecule has 2 aromatic rings. The number of hydrogen-bond donors (Lipinski definition) is 1. The minimum atomic E-state index is 0.246. The van der Waals surface area contributed by atoms with Gasteiger partial charge in [0, 0.05) is 13.2 Å². The Morgan fingerprint density at radius 1 is 1.41 bits per heavy atom. The number of aromatic nitrogens is 3. The van der Waals surface area contributed by atoms with Gasteiger partial charge in [-0.1, -0.05) is 0 Å². The van der Waals surface area contributed by atoms with Gasteiger partial charge in [0.05, 0.1) is 23.1 Å². The summed E-state index contributed by atoms with van der Waals surface area (Å²) in [5, 5.41) is 4.53. The summed E-state index contributed by atoms with van der Waals surface area (Å²) < 4.78 is 1.97. The molecule has 3 rings (SSSR count). The van der Waals surface area contributed by atoms with Crippen LogP contribution in [0, 0.1) is 6.92 Å². The molecule has 0 aromatic carbocycles. The molecule has 0 bridgehead atoms. The summed E-state index contributed by atoms with van der Waals surface area (Å²) in [6.45, 7) is 4.14. The molecule has 0 saturated carbocycles. The van der Waals surface area contributed by atoms with Crippen LogP contribution in [0.1, 0.15) is 24.4 Å². The summed E-state index contributed by atoms with van der Waals surface area (Å²) in [4.78, 5) is 6.30. The fourth-order valence-corrected chi connectivity index (χ4v) is 2.39. The predicted octanol–water partition coefficient (Wildman–Crippen LogP) is 1.67. The highest BCUT2D eigenvalue weighted by atomic mass is 15.4. The van der Waals surface area contributed by atoms with E-state index in [1.807, 2.05) is 24.7 Å². The van der Waals surface area contributed by atoms with E-state index in [0.29, 0.717) is 5.82 Å². The lowest BCUT2D eigenvalue weighted by atomic mass is 10.1. The van der Waals surface area contributed by atoms with Crippen molar-refractivity contribution >= 4 is 11.5 Å². The molecule has 2 aromatic heterocycles. The quantitative estimate of drug-likeness (QED) is 0.746. The van der Waals surface area contributed by atoms with E-state index in [1.54, 1.807) is 6.20 Å². The first-order valence-electron chi connectivity index (χ1n) is 5.64. The van der Waals surface area contributed by atoms with Crippen molar-refractivity contribution in [2.24, 2.45) is 0 Å². The average Bonchev–Trinajstić information content (AvgIpc) is 2.68. The summed E-state index contributed by atoms with van der Waals surface area (Å²) in [5.74, 6) is 0.552. The van der Waals surface area contributed by atoms with Gasteiger partial charge in [-0.05, 0) is 26.0 Å². The van der Waals surface area contributed by atoms with Crippen molar-refractivity contribution in [3.8, 4) is 5.69 Å². The molecule has 0 radical (unpaired) electrons. The molecular weight excluding hydrogens is 214 g/mol. The number of nitrogens with two attached hydrogens (primary N) is 1. The lowest BCUT2D eigenvalue weighted by Gasteiger charge is -2.34. The second-order valence-corrected chi connectivity index (χ2v) is 4.47. The molecule has 1 unspecified atom stereocenters. The Labute approximate surface area is 99.9 Å². The average molecular weight is 229 g/mol. The zero-order valence-electron chi connectivity index (χ0n) is 10.2. The highest BCUT2D eigenvalue weighted by molar-refractivity contribution is 5.76. The Bertz CT molecular complexity index is 587. The number of hydrogen-bond acceptors (Lipinski definition) is 4. The second-order valence-electron chi connectivity index (χ2n) is 4.47. The molecule has 0 fully saturated rings. The maximum atomic E-state index is 5.96. The first-order chi connectivity index (χ1) is 8.09. The second kappa shape index (κ2) is 3.23. The van der Waals surface area contributed by atoms with Crippen molar-refractivity contribution in [1.29, 1.82) is 0 Å². The summed E-state index contributed by atoms with van der Waals surface area (Å²) in [6.07, 6.45) is 1.72. The first-order valence-corrected chi connectivity index (χ1v) is 5.64. The monoisotopic (exact) mass is 229 g/mol. The van der Waals surface area contributed by atoms with Crippen LogP contribution < -0.4 is 10.6 Å². The smallest absolute Gasteiger partial charge is 0.149 e. The highest BCUT2D eigenvalue weighted by Crippen LogP contribution is 2.39. The fraction of sp³-hybridized carbons (Fsp3) is 0.333. The molecule has 5 nitrogen and oxygen atoms in total.